The van der Waals surface area contributed by atoms with Gasteiger partial charge >= 0.3 is 0 Å². The molecule has 0 saturated heterocycles. The maximum atomic E-state index is 10.1. The van der Waals surface area contributed by atoms with Crippen molar-refractivity contribution in [2.75, 3.05) is 0 Å². The molecule has 1 atom stereocenters. The molecule has 2 heteroatoms. The molecule has 1 N–H and O–H groups in total. The Morgan fingerprint density at radius 2 is 2.23 bits per heavy atom. The van der Waals surface area contributed by atoms with Crippen LogP contribution in [0.4, 0.5) is 0 Å². The maximum Gasteiger partial charge on any atom is 0.124 e. The van der Waals surface area contributed by atoms with E-state index in [9.17, 15) is 9.90 Å². The lowest BCUT2D eigenvalue weighted by Crippen LogP contribution is -2.19. The fraction of sp³-hybridized carbons (Fsp3) is 0.545. The number of aliphatic hydroxyl groups is 1. The van der Waals surface area contributed by atoms with E-state index in [2.05, 4.69) is 6.58 Å². The van der Waals surface area contributed by atoms with Gasteiger partial charge in [0.2, 0.25) is 0 Å². The molecule has 13 heavy (non-hydrogen) atoms. The first-order valence-corrected chi connectivity index (χ1v) is 4.47. The minimum atomic E-state index is -0.794. The molecule has 0 aliphatic rings. The summed E-state index contributed by atoms with van der Waals surface area (Å²) in [6.45, 7) is 7.18. The molecule has 0 aliphatic heterocycles. The van der Waals surface area contributed by atoms with Crippen LogP contribution in [0.2, 0.25) is 0 Å². The maximum absolute atomic E-state index is 10.1. The highest BCUT2D eigenvalue weighted by Gasteiger charge is 2.12. The topological polar surface area (TPSA) is 37.3 Å². The summed E-state index contributed by atoms with van der Waals surface area (Å²) in [5, 5.41) is 9.55. The van der Waals surface area contributed by atoms with Gasteiger partial charge in [0.15, 0.2) is 0 Å². The lowest BCUT2D eigenvalue weighted by atomic mass is 9.99. The number of carbonyl (C=O) groups excluding carboxylic acids is 1. The third-order valence-electron chi connectivity index (χ3n) is 1.99. The summed E-state index contributed by atoms with van der Waals surface area (Å²) >= 11 is 0. The molecule has 0 aromatic rings. The second-order valence-electron chi connectivity index (χ2n) is 3.52. The van der Waals surface area contributed by atoms with E-state index in [0.29, 0.717) is 12.8 Å². The van der Waals surface area contributed by atoms with Crippen molar-refractivity contribution in [1.82, 2.24) is 0 Å². The molecule has 0 heterocycles. The van der Waals surface area contributed by atoms with Gasteiger partial charge in [-0.3, -0.25) is 0 Å². The minimum Gasteiger partial charge on any atom is -0.386 e. The van der Waals surface area contributed by atoms with Crippen molar-refractivity contribution in [2.24, 2.45) is 0 Å². The Kier molecular flexibility index (Phi) is 5.31. The normalized spacial score (nSPS) is 16.4. The van der Waals surface area contributed by atoms with Gasteiger partial charge < -0.3 is 9.90 Å². The van der Waals surface area contributed by atoms with Crippen molar-refractivity contribution < 1.29 is 9.90 Å². The Morgan fingerprint density at radius 1 is 1.62 bits per heavy atom. The van der Waals surface area contributed by atoms with E-state index in [1.807, 2.05) is 13.0 Å². The molecule has 0 rings (SSSR count). The van der Waals surface area contributed by atoms with Crippen LogP contribution in [0.3, 0.4) is 0 Å². The van der Waals surface area contributed by atoms with Crippen LogP contribution in [0.1, 0.15) is 33.1 Å². The minimum absolute atomic E-state index is 0.482. The van der Waals surface area contributed by atoms with Crippen LogP contribution in [0.5, 0.6) is 0 Å². The molecule has 0 amide bonds. The highest BCUT2D eigenvalue weighted by molar-refractivity contribution is 5.53. The van der Waals surface area contributed by atoms with Crippen molar-refractivity contribution in [3.63, 3.8) is 0 Å². The fourth-order valence-corrected chi connectivity index (χ4v) is 0.928. The Morgan fingerprint density at radius 3 is 2.69 bits per heavy atom. The molecule has 2 nitrogen and oxygen atoms in total. The zero-order valence-corrected chi connectivity index (χ0v) is 8.42. The fourth-order valence-electron chi connectivity index (χ4n) is 0.928. The van der Waals surface area contributed by atoms with Gasteiger partial charge in [0.1, 0.15) is 6.29 Å². The lowest BCUT2D eigenvalue weighted by Gasteiger charge is -2.16. The Bertz CT molecular complexity index is 202. The Balaban J connectivity index is 3.83. The van der Waals surface area contributed by atoms with E-state index in [0.717, 1.165) is 18.3 Å². The van der Waals surface area contributed by atoms with Crippen molar-refractivity contribution in [2.45, 2.75) is 38.7 Å². The Labute approximate surface area is 80.0 Å². The van der Waals surface area contributed by atoms with E-state index in [-0.39, 0.29) is 0 Å². The first-order valence-electron chi connectivity index (χ1n) is 4.47. The van der Waals surface area contributed by atoms with Gasteiger partial charge in [-0.25, -0.2) is 0 Å². The van der Waals surface area contributed by atoms with Gasteiger partial charge in [0.25, 0.3) is 0 Å². The van der Waals surface area contributed by atoms with Crippen LogP contribution in [-0.2, 0) is 4.79 Å². The quantitative estimate of drug-likeness (QED) is 0.505. The van der Waals surface area contributed by atoms with Gasteiger partial charge in [-0.1, -0.05) is 17.7 Å². The van der Waals surface area contributed by atoms with E-state index < -0.39 is 5.60 Å². The SMILES string of the molecule is C=CC(C)(O)CC/C=C(\C)CC=O. The summed E-state index contributed by atoms with van der Waals surface area (Å²) in [6.07, 6.45) is 6.31. The summed E-state index contributed by atoms with van der Waals surface area (Å²) in [7, 11) is 0. The zero-order chi connectivity index (χ0) is 10.3. The molecule has 0 aromatic heterocycles. The number of allylic oxidation sites excluding steroid dienone is 2. The molecule has 0 aromatic carbocycles. The third kappa shape index (κ3) is 6.29. The number of carbonyl (C=O) groups is 1. The molecule has 0 bridgehead atoms. The van der Waals surface area contributed by atoms with Gasteiger partial charge in [-0.05, 0) is 26.7 Å². The molecule has 1 unspecified atom stereocenters. The summed E-state index contributed by atoms with van der Waals surface area (Å²) in [5.74, 6) is 0. The number of hydrogen-bond donors (Lipinski definition) is 1. The molecule has 0 aliphatic carbocycles. The average molecular weight is 182 g/mol. The smallest absolute Gasteiger partial charge is 0.124 e. The van der Waals surface area contributed by atoms with E-state index in [1.165, 1.54) is 6.08 Å². The number of rotatable bonds is 6. The zero-order valence-electron chi connectivity index (χ0n) is 8.42. The van der Waals surface area contributed by atoms with Crippen LogP contribution in [0, 0.1) is 0 Å². The van der Waals surface area contributed by atoms with Crippen LogP contribution >= 0.6 is 0 Å². The van der Waals surface area contributed by atoms with Crippen LogP contribution < -0.4 is 0 Å². The third-order valence-corrected chi connectivity index (χ3v) is 1.99. The first kappa shape index (κ1) is 12.1. The van der Waals surface area contributed by atoms with Crippen molar-refractivity contribution >= 4 is 6.29 Å². The van der Waals surface area contributed by atoms with Crippen LogP contribution in [0.15, 0.2) is 24.3 Å². The van der Waals surface area contributed by atoms with E-state index in [1.54, 1.807) is 6.92 Å². The highest BCUT2D eigenvalue weighted by atomic mass is 16.3. The van der Waals surface area contributed by atoms with Gasteiger partial charge in [0.05, 0.1) is 5.60 Å². The molecule has 0 radical (unpaired) electrons. The van der Waals surface area contributed by atoms with E-state index in [4.69, 9.17) is 0 Å². The van der Waals surface area contributed by atoms with Crippen molar-refractivity contribution in [1.29, 1.82) is 0 Å². The molecule has 0 fully saturated rings. The number of hydrogen-bond acceptors (Lipinski definition) is 2. The molecular weight excluding hydrogens is 164 g/mol. The standard InChI is InChI=1S/C11H18O2/c1-4-11(3,13)8-5-6-10(2)7-9-12/h4,6,9,13H,1,5,7-8H2,2-3H3/b10-6+. The summed E-state index contributed by atoms with van der Waals surface area (Å²) < 4.78 is 0. The van der Waals surface area contributed by atoms with Gasteiger partial charge in [-0.2, -0.15) is 0 Å². The average Bonchev–Trinajstić information content (AvgIpc) is 2.05. The summed E-state index contributed by atoms with van der Waals surface area (Å²) in [4.78, 5) is 10.1. The van der Waals surface area contributed by atoms with Gasteiger partial charge in [-0.15, -0.1) is 6.58 Å². The van der Waals surface area contributed by atoms with Crippen LogP contribution in [0.25, 0.3) is 0 Å². The first-order chi connectivity index (χ1) is 6.02. The van der Waals surface area contributed by atoms with Crippen LogP contribution in [-0.4, -0.2) is 17.0 Å². The molecular formula is C11H18O2. The van der Waals surface area contributed by atoms with E-state index >= 15 is 0 Å². The molecule has 0 spiro atoms. The monoisotopic (exact) mass is 182 g/mol. The molecule has 0 saturated carbocycles. The predicted octanol–water partition coefficient (Wildman–Crippen LogP) is 2.24. The lowest BCUT2D eigenvalue weighted by molar-refractivity contribution is -0.107. The Hall–Kier alpha value is -0.890. The second-order valence-corrected chi connectivity index (χ2v) is 3.52. The largest absolute Gasteiger partial charge is 0.386 e. The summed E-state index contributed by atoms with van der Waals surface area (Å²) in [5.41, 5.74) is 0.257. The number of aldehydes is 1. The predicted molar refractivity (Wildman–Crippen MR) is 54.5 cm³/mol. The molecule has 74 valence electrons. The van der Waals surface area contributed by atoms with Crippen molar-refractivity contribution in [3.8, 4) is 0 Å². The highest BCUT2D eigenvalue weighted by Crippen LogP contribution is 2.14. The van der Waals surface area contributed by atoms with Crippen molar-refractivity contribution in [3.05, 3.63) is 24.3 Å². The second kappa shape index (κ2) is 5.70. The van der Waals surface area contributed by atoms with Gasteiger partial charge in [0, 0.05) is 6.42 Å². The summed E-state index contributed by atoms with van der Waals surface area (Å²) in [6, 6.07) is 0.